The molecule has 0 radical (unpaired) electrons. The lowest BCUT2D eigenvalue weighted by atomic mass is 10.2. The predicted octanol–water partition coefficient (Wildman–Crippen LogP) is 4.40. The molecule has 1 aromatic heterocycles. The second kappa shape index (κ2) is 9.68. The zero-order valence-corrected chi connectivity index (χ0v) is 18.4. The average molecular weight is 433 g/mol. The molecule has 2 aromatic carbocycles. The Morgan fingerprint density at radius 1 is 1.09 bits per heavy atom. The minimum atomic E-state index is -0.361. The van der Waals surface area contributed by atoms with Gasteiger partial charge in [0.2, 0.25) is 11.8 Å². The number of hydrogen-bond donors (Lipinski definition) is 2. The highest BCUT2D eigenvalue weighted by Crippen LogP contribution is 2.24. The third-order valence-corrected chi connectivity index (χ3v) is 5.50. The van der Waals surface area contributed by atoms with Crippen LogP contribution in [0.3, 0.4) is 0 Å². The third kappa shape index (κ3) is 5.17. The summed E-state index contributed by atoms with van der Waals surface area (Å²) in [5.74, 6) is 0.330. The van der Waals surface area contributed by atoms with Crippen molar-refractivity contribution in [3.8, 4) is 11.5 Å². The Bertz CT molecular complexity index is 1090. The molecule has 1 aliphatic rings. The summed E-state index contributed by atoms with van der Waals surface area (Å²) in [6.07, 6.45) is 2.55. The van der Waals surface area contributed by atoms with Gasteiger partial charge in [-0.3, -0.25) is 9.59 Å². The third-order valence-electron chi connectivity index (χ3n) is 5.50. The lowest BCUT2D eigenvalue weighted by Gasteiger charge is -2.19. The van der Waals surface area contributed by atoms with Gasteiger partial charge in [0, 0.05) is 42.5 Å². The van der Waals surface area contributed by atoms with Crippen molar-refractivity contribution in [2.45, 2.75) is 39.2 Å². The van der Waals surface area contributed by atoms with Crippen molar-refractivity contribution in [3.05, 3.63) is 66.1 Å². The van der Waals surface area contributed by atoms with Gasteiger partial charge in [0.05, 0.1) is 0 Å². The minimum absolute atomic E-state index is 0.154. The van der Waals surface area contributed by atoms with Crippen LogP contribution in [0.2, 0.25) is 0 Å². The van der Waals surface area contributed by atoms with Crippen molar-refractivity contribution in [3.63, 3.8) is 0 Å². The van der Waals surface area contributed by atoms with Crippen LogP contribution >= 0.6 is 0 Å². The molecule has 0 bridgehead atoms. The second-order valence-electron chi connectivity index (χ2n) is 8.16. The lowest BCUT2D eigenvalue weighted by Crippen LogP contribution is -2.36. The Kier molecular flexibility index (Phi) is 6.54. The molecule has 1 aliphatic heterocycles. The Balaban J connectivity index is 1.33. The van der Waals surface area contributed by atoms with E-state index in [9.17, 15) is 9.59 Å². The van der Waals surface area contributed by atoms with E-state index in [4.69, 9.17) is 4.42 Å². The van der Waals surface area contributed by atoms with Gasteiger partial charge in [-0.05, 0) is 57.0 Å². The Morgan fingerprint density at radius 3 is 2.59 bits per heavy atom. The van der Waals surface area contributed by atoms with Gasteiger partial charge in [-0.15, -0.1) is 0 Å². The zero-order valence-electron chi connectivity index (χ0n) is 18.4. The number of hydrogen-bond acceptors (Lipinski definition) is 5. The maximum absolute atomic E-state index is 12.7. The highest BCUT2D eigenvalue weighted by atomic mass is 16.4. The standard InChI is InChI=1S/C25H28N4O3/c1-17(15-22(30)27-20-11-8-12-21(16-20)29-13-6-7-14-29)26-24(31)23-18(2)32-25(28-23)19-9-4-3-5-10-19/h3-5,8-12,16-17H,6-7,13-15H2,1-2H3,(H,26,31)(H,27,30). The van der Waals surface area contributed by atoms with Crippen LogP contribution < -0.4 is 15.5 Å². The Morgan fingerprint density at radius 2 is 1.84 bits per heavy atom. The molecule has 1 atom stereocenters. The van der Waals surface area contributed by atoms with E-state index in [1.807, 2.05) is 48.5 Å². The normalized spacial score (nSPS) is 14.2. The van der Waals surface area contributed by atoms with Gasteiger partial charge in [-0.25, -0.2) is 4.98 Å². The molecule has 166 valence electrons. The monoisotopic (exact) mass is 432 g/mol. The first-order valence-corrected chi connectivity index (χ1v) is 11.0. The van der Waals surface area contributed by atoms with Crippen molar-refractivity contribution in [1.82, 2.24) is 10.3 Å². The fourth-order valence-corrected chi connectivity index (χ4v) is 3.90. The van der Waals surface area contributed by atoms with E-state index in [0.717, 1.165) is 30.0 Å². The zero-order chi connectivity index (χ0) is 22.5. The van der Waals surface area contributed by atoms with E-state index in [1.165, 1.54) is 12.8 Å². The number of rotatable bonds is 7. The average Bonchev–Trinajstić information content (AvgIpc) is 3.44. The van der Waals surface area contributed by atoms with Crippen LogP contribution in [-0.4, -0.2) is 35.9 Å². The topological polar surface area (TPSA) is 87.5 Å². The largest absolute Gasteiger partial charge is 0.441 e. The van der Waals surface area contributed by atoms with E-state index in [-0.39, 0.29) is 30.0 Å². The van der Waals surface area contributed by atoms with Crippen LogP contribution in [0.15, 0.2) is 59.0 Å². The van der Waals surface area contributed by atoms with Gasteiger partial charge in [0.1, 0.15) is 5.76 Å². The quantitative estimate of drug-likeness (QED) is 0.578. The summed E-state index contributed by atoms with van der Waals surface area (Å²) in [5.41, 5.74) is 2.92. The molecule has 2 N–H and O–H groups in total. The molecule has 7 heteroatoms. The van der Waals surface area contributed by atoms with Gasteiger partial charge in [-0.1, -0.05) is 24.3 Å². The SMILES string of the molecule is Cc1oc(-c2ccccc2)nc1C(=O)NC(C)CC(=O)Nc1cccc(N2CCCC2)c1. The van der Waals surface area contributed by atoms with Crippen molar-refractivity contribution in [1.29, 1.82) is 0 Å². The molecule has 32 heavy (non-hydrogen) atoms. The van der Waals surface area contributed by atoms with Crippen LogP contribution in [-0.2, 0) is 4.79 Å². The van der Waals surface area contributed by atoms with Crippen molar-refractivity contribution >= 4 is 23.2 Å². The number of anilines is 2. The van der Waals surface area contributed by atoms with E-state index in [2.05, 4.69) is 26.6 Å². The summed E-state index contributed by atoms with van der Waals surface area (Å²) in [4.78, 5) is 31.9. The predicted molar refractivity (Wildman–Crippen MR) is 125 cm³/mol. The summed E-state index contributed by atoms with van der Waals surface area (Å²) in [5, 5.41) is 5.78. The maximum atomic E-state index is 12.7. The first-order chi connectivity index (χ1) is 15.5. The van der Waals surface area contributed by atoms with Gasteiger partial charge >= 0.3 is 0 Å². The summed E-state index contributed by atoms with van der Waals surface area (Å²) >= 11 is 0. The summed E-state index contributed by atoms with van der Waals surface area (Å²) < 4.78 is 5.66. The van der Waals surface area contributed by atoms with Gasteiger partial charge < -0.3 is 20.0 Å². The number of nitrogens with zero attached hydrogens (tertiary/aromatic N) is 2. The number of aromatic nitrogens is 1. The summed E-state index contributed by atoms with van der Waals surface area (Å²) in [6.45, 7) is 5.60. The second-order valence-corrected chi connectivity index (χ2v) is 8.16. The molecule has 4 rings (SSSR count). The lowest BCUT2D eigenvalue weighted by molar-refractivity contribution is -0.116. The van der Waals surface area contributed by atoms with E-state index in [1.54, 1.807) is 13.8 Å². The van der Waals surface area contributed by atoms with Crippen LogP contribution in [0.25, 0.3) is 11.5 Å². The number of amides is 2. The van der Waals surface area contributed by atoms with E-state index < -0.39 is 0 Å². The smallest absolute Gasteiger partial charge is 0.273 e. The van der Waals surface area contributed by atoms with Crippen LogP contribution in [0.1, 0.15) is 42.4 Å². The van der Waals surface area contributed by atoms with E-state index >= 15 is 0 Å². The Labute approximate surface area is 187 Å². The number of benzene rings is 2. The molecule has 3 aromatic rings. The van der Waals surface area contributed by atoms with Crippen molar-refractivity contribution in [2.24, 2.45) is 0 Å². The molecule has 0 aliphatic carbocycles. The first-order valence-electron chi connectivity index (χ1n) is 11.0. The molecule has 7 nitrogen and oxygen atoms in total. The number of carbonyl (C=O) groups excluding carboxylic acids is 2. The summed E-state index contributed by atoms with van der Waals surface area (Å²) in [6, 6.07) is 17.0. The molecular formula is C25H28N4O3. The number of aryl methyl sites for hydroxylation is 1. The molecule has 0 spiro atoms. The fraction of sp³-hybridized carbons (Fsp3) is 0.320. The molecular weight excluding hydrogens is 404 g/mol. The number of oxazole rings is 1. The van der Waals surface area contributed by atoms with Crippen LogP contribution in [0, 0.1) is 6.92 Å². The molecule has 1 unspecified atom stereocenters. The van der Waals surface area contributed by atoms with Crippen LogP contribution in [0.4, 0.5) is 11.4 Å². The van der Waals surface area contributed by atoms with Gasteiger partial charge in [0.25, 0.3) is 5.91 Å². The molecule has 1 fully saturated rings. The van der Waals surface area contributed by atoms with Gasteiger partial charge in [0.15, 0.2) is 5.69 Å². The number of nitrogens with one attached hydrogen (secondary N) is 2. The highest BCUT2D eigenvalue weighted by molar-refractivity contribution is 5.95. The maximum Gasteiger partial charge on any atom is 0.273 e. The fourth-order valence-electron chi connectivity index (χ4n) is 3.90. The van der Waals surface area contributed by atoms with Gasteiger partial charge in [-0.2, -0.15) is 0 Å². The van der Waals surface area contributed by atoms with E-state index in [0.29, 0.717) is 11.7 Å². The molecule has 2 heterocycles. The minimum Gasteiger partial charge on any atom is -0.441 e. The highest BCUT2D eigenvalue weighted by Gasteiger charge is 2.21. The molecule has 1 saturated heterocycles. The first kappa shape index (κ1) is 21.6. The van der Waals surface area contributed by atoms with Crippen molar-refractivity contribution < 1.29 is 14.0 Å². The Hall–Kier alpha value is -3.61. The summed E-state index contributed by atoms with van der Waals surface area (Å²) in [7, 11) is 0. The number of carbonyl (C=O) groups is 2. The molecule has 0 saturated carbocycles. The van der Waals surface area contributed by atoms with Crippen LogP contribution in [0.5, 0.6) is 0 Å². The molecule has 2 amide bonds. The van der Waals surface area contributed by atoms with Crippen molar-refractivity contribution in [2.75, 3.05) is 23.3 Å².